The van der Waals surface area contributed by atoms with Crippen molar-refractivity contribution >= 4 is 0 Å². The molecule has 1 aliphatic carbocycles. The van der Waals surface area contributed by atoms with Crippen LogP contribution in [0.25, 0.3) is 0 Å². The number of hydrogen-bond acceptors (Lipinski definition) is 3. The van der Waals surface area contributed by atoms with E-state index in [2.05, 4.69) is 42.0 Å². The summed E-state index contributed by atoms with van der Waals surface area (Å²) in [6.07, 6.45) is 8.54. The largest absolute Gasteiger partial charge is 0.322 e. The second-order valence-corrected chi connectivity index (χ2v) is 5.91. The Balaban J connectivity index is 2.13. The van der Waals surface area contributed by atoms with Crippen LogP contribution in [-0.2, 0) is 0 Å². The molecule has 1 fully saturated rings. The molecule has 0 spiro atoms. The van der Waals surface area contributed by atoms with Crippen LogP contribution in [0.5, 0.6) is 0 Å². The lowest BCUT2D eigenvalue weighted by molar-refractivity contribution is 0.214. The third-order valence-corrected chi connectivity index (χ3v) is 4.32. The average molecular weight is 250 g/mol. The molecule has 2 rings (SSSR count). The minimum Gasteiger partial charge on any atom is -0.322 e. The highest BCUT2D eigenvalue weighted by molar-refractivity contribution is 5.02. The molecule has 0 aromatic carbocycles. The van der Waals surface area contributed by atoms with Gasteiger partial charge in [-0.3, -0.25) is 0 Å². The number of hydrogen-bond donors (Lipinski definition) is 1. The van der Waals surface area contributed by atoms with E-state index >= 15 is 0 Å². The van der Waals surface area contributed by atoms with Gasteiger partial charge in [0.05, 0.1) is 24.0 Å². The molecule has 1 saturated carbocycles. The van der Waals surface area contributed by atoms with Crippen molar-refractivity contribution in [1.29, 1.82) is 0 Å². The highest BCUT2D eigenvalue weighted by Gasteiger charge is 2.27. The summed E-state index contributed by atoms with van der Waals surface area (Å²) in [4.78, 5) is 0. The molecule has 1 heterocycles. The average Bonchev–Trinajstić information content (AvgIpc) is 2.87. The van der Waals surface area contributed by atoms with Crippen LogP contribution in [0.2, 0.25) is 0 Å². The Morgan fingerprint density at radius 3 is 2.78 bits per heavy atom. The normalized spacial score (nSPS) is 26.5. The maximum Gasteiger partial charge on any atom is 0.0996 e. The van der Waals surface area contributed by atoms with Crippen LogP contribution in [0.4, 0.5) is 0 Å². The molecule has 0 aliphatic heterocycles. The minimum atomic E-state index is 0.00224. The van der Waals surface area contributed by atoms with Crippen LogP contribution in [0.15, 0.2) is 6.20 Å². The standard InChI is InChI=1S/C14H26N4/c1-4-11-7-5-6-8-13(11)18-9-12(16-17-18)14(15)10(2)3/h9-11,13-14H,4-8,15H2,1-3H3. The number of rotatable bonds is 4. The summed E-state index contributed by atoms with van der Waals surface area (Å²) >= 11 is 0. The SMILES string of the molecule is CCC1CCCCC1n1cc(C(N)C(C)C)nn1. The Kier molecular flexibility index (Phi) is 4.38. The lowest BCUT2D eigenvalue weighted by Crippen LogP contribution is -2.23. The smallest absolute Gasteiger partial charge is 0.0996 e. The number of nitrogens with two attached hydrogens (primary N) is 1. The van der Waals surface area contributed by atoms with Gasteiger partial charge in [0, 0.05) is 0 Å². The topological polar surface area (TPSA) is 56.7 Å². The molecule has 18 heavy (non-hydrogen) atoms. The molecule has 0 bridgehead atoms. The van der Waals surface area contributed by atoms with E-state index in [1.54, 1.807) is 0 Å². The van der Waals surface area contributed by atoms with Crippen LogP contribution < -0.4 is 5.73 Å². The zero-order valence-electron chi connectivity index (χ0n) is 11.8. The predicted octanol–water partition coefficient (Wildman–Crippen LogP) is 3.08. The minimum absolute atomic E-state index is 0.00224. The Hall–Kier alpha value is -0.900. The van der Waals surface area contributed by atoms with E-state index in [1.807, 2.05) is 0 Å². The molecular weight excluding hydrogens is 224 g/mol. The first kappa shape index (κ1) is 13.5. The molecule has 1 aromatic heterocycles. The zero-order valence-corrected chi connectivity index (χ0v) is 11.8. The Morgan fingerprint density at radius 2 is 2.11 bits per heavy atom. The molecule has 0 amide bonds. The van der Waals surface area contributed by atoms with Gasteiger partial charge >= 0.3 is 0 Å². The molecule has 2 N–H and O–H groups in total. The van der Waals surface area contributed by atoms with Crippen molar-refractivity contribution in [2.45, 2.75) is 65.0 Å². The Morgan fingerprint density at radius 1 is 1.39 bits per heavy atom. The van der Waals surface area contributed by atoms with Gasteiger partial charge in [-0.25, -0.2) is 4.68 Å². The van der Waals surface area contributed by atoms with Gasteiger partial charge in [-0.05, 0) is 24.7 Å². The van der Waals surface area contributed by atoms with Crippen molar-refractivity contribution in [3.63, 3.8) is 0 Å². The van der Waals surface area contributed by atoms with E-state index in [9.17, 15) is 0 Å². The van der Waals surface area contributed by atoms with Crippen molar-refractivity contribution in [2.24, 2.45) is 17.6 Å². The van der Waals surface area contributed by atoms with Gasteiger partial charge in [0.15, 0.2) is 0 Å². The fraction of sp³-hybridized carbons (Fsp3) is 0.857. The van der Waals surface area contributed by atoms with Crippen molar-refractivity contribution in [3.8, 4) is 0 Å². The molecule has 4 nitrogen and oxygen atoms in total. The number of nitrogens with zero attached hydrogens (tertiary/aromatic N) is 3. The van der Waals surface area contributed by atoms with Crippen LogP contribution in [0.3, 0.4) is 0 Å². The lowest BCUT2D eigenvalue weighted by atomic mass is 9.83. The van der Waals surface area contributed by atoms with E-state index in [4.69, 9.17) is 5.73 Å². The van der Waals surface area contributed by atoms with Crippen molar-refractivity contribution < 1.29 is 0 Å². The molecule has 3 atom stereocenters. The highest BCUT2D eigenvalue weighted by Crippen LogP contribution is 2.35. The van der Waals surface area contributed by atoms with Gasteiger partial charge in [0.2, 0.25) is 0 Å². The van der Waals surface area contributed by atoms with Crippen molar-refractivity contribution in [3.05, 3.63) is 11.9 Å². The van der Waals surface area contributed by atoms with Crippen LogP contribution in [0, 0.1) is 11.8 Å². The molecule has 4 heteroatoms. The van der Waals surface area contributed by atoms with E-state index in [1.165, 1.54) is 32.1 Å². The summed E-state index contributed by atoms with van der Waals surface area (Å²) in [5.74, 6) is 1.16. The third kappa shape index (κ3) is 2.74. The summed E-state index contributed by atoms with van der Waals surface area (Å²) < 4.78 is 2.07. The van der Waals surface area contributed by atoms with Crippen molar-refractivity contribution in [2.75, 3.05) is 0 Å². The summed E-state index contributed by atoms with van der Waals surface area (Å²) in [5.41, 5.74) is 7.07. The van der Waals surface area contributed by atoms with E-state index in [0.29, 0.717) is 12.0 Å². The maximum absolute atomic E-state index is 6.13. The first-order valence-corrected chi connectivity index (χ1v) is 7.30. The molecule has 3 unspecified atom stereocenters. The summed E-state index contributed by atoms with van der Waals surface area (Å²) in [6, 6.07) is 0.534. The van der Waals surface area contributed by atoms with Crippen LogP contribution in [0.1, 0.15) is 70.7 Å². The molecule has 1 aliphatic rings. The summed E-state index contributed by atoms with van der Waals surface area (Å²) in [7, 11) is 0. The quantitative estimate of drug-likeness (QED) is 0.893. The molecule has 102 valence electrons. The maximum atomic E-state index is 6.13. The third-order valence-electron chi connectivity index (χ3n) is 4.32. The Labute approximate surface area is 110 Å². The van der Waals surface area contributed by atoms with Crippen LogP contribution >= 0.6 is 0 Å². The lowest BCUT2D eigenvalue weighted by Gasteiger charge is -2.30. The second kappa shape index (κ2) is 5.83. The van der Waals surface area contributed by atoms with Gasteiger partial charge < -0.3 is 5.73 Å². The fourth-order valence-corrected chi connectivity index (χ4v) is 2.96. The number of aromatic nitrogens is 3. The van der Waals surface area contributed by atoms with Crippen molar-refractivity contribution in [1.82, 2.24) is 15.0 Å². The Bertz CT molecular complexity index is 372. The highest BCUT2D eigenvalue weighted by atomic mass is 15.4. The van der Waals surface area contributed by atoms with Gasteiger partial charge in [0.25, 0.3) is 0 Å². The van der Waals surface area contributed by atoms with E-state index in [-0.39, 0.29) is 6.04 Å². The first-order chi connectivity index (χ1) is 8.63. The van der Waals surface area contributed by atoms with Gasteiger partial charge in [-0.1, -0.05) is 45.2 Å². The summed E-state index contributed by atoms with van der Waals surface area (Å²) in [5, 5.41) is 8.60. The van der Waals surface area contributed by atoms with E-state index < -0.39 is 0 Å². The first-order valence-electron chi connectivity index (χ1n) is 7.30. The zero-order chi connectivity index (χ0) is 13.1. The molecule has 0 radical (unpaired) electrons. The molecule has 0 saturated heterocycles. The van der Waals surface area contributed by atoms with Gasteiger partial charge in [-0.2, -0.15) is 0 Å². The fourth-order valence-electron chi connectivity index (χ4n) is 2.96. The molecule has 1 aromatic rings. The molecular formula is C14H26N4. The van der Waals surface area contributed by atoms with Crippen LogP contribution in [-0.4, -0.2) is 15.0 Å². The predicted molar refractivity (Wildman–Crippen MR) is 73.1 cm³/mol. The summed E-state index contributed by atoms with van der Waals surface area (Å²) in [6.45, 7) is 6.53. The van der Waals surface area contributed by atoms with Gasteiger partial charge in [-0.15, -0.1) is 5.10 Å². The van der Waals surface area contributed by atoms with Gasteiger partial charge in [0.1, 0.15) is 0 Å². The second-order valence-electron chi connectivity index (χ2n) is 5.91. The monoisotopic (exact) mass is 250 g/mol. The van der Waals surface area contributed by atoms with E-state index in [0.717, 1.165) is 11.6 Å².